The molecule has 1 amide bonds. The number of nitrogens with one attached hydrogen (secondary N) is 1. The third-order valence-corrected chi connectivity index (χ3v) is 10.7. The number of amides is 1. The molecule has 0 aliphatic carbocycles. The Kier molecular flexibility index (Phi) is 21.0. The highest BCUT2D eigenvalue weighted by Gasteiger charge is 2.50. The van der Waals surface area contributed by atoms with Crippen LogP contribution in [0.2, 0.25) is 0 Å². The molecule has 2 unspecified atom stereocenters. The monoisotopic (exact) mass is 961 g/mol. The van der Waals surface area contributed by atoms with Gasteiger partial charge in [-0.1, -0.05) is 13.8 Å². The Morgan fingerprint density at radius 1 is 0.794 bits per heavy atom. The normalized spacial score (nSPS) is 15.8. The Bertz CT molecular complexity index is 2270. The number of hydrogen-bond donors (Lipinski definition) is 4. The third-order valence-electron chi connectivity index (χ3n) is 10.7. The first-order valence-corrected chi connectivity index (χ1v) is 22.0. The Morgan fingerprint density at radius 2 is 1.40 bits per heavy atom. The summed E-state index contributed by atoms with van der Waals surface area (Å²) >= 11 is 0. The first-order chi connectivity index (χ1) is 32.8. The van der Waals surface area contributed by atoms with E-state index in [1.165, 1.54) is 13.2 Å². The summed E-state index contributed by atoms with van der Waals surface area (Å²) in [7, 11) is 1.52. The van der Waals surface area contributed by atoms with Gasteiger partial charge in [0.1, 0.15) is 50.9 Å². The molecule has 0 radical (unpaired) electrons. The molecule has 2 aliphatic rings. The molecule has 23 heteroatoms. The van der Waals surface area contributed by atoms with Gasteiger partial charge in [-0.05, 0) is 42.7 Å². The molecule has 0 bridgehead atoms. The van der Waals surface area contributed by atoms with Gasteiger partial charge in [0.05, 0.1) is 108 Å². The average Bonchev–Trinajstić information content (AvgIpc) is 3.68. The minimum Gasteiger partial charge on any atom is -0.508 e. The summed E-state index contributed by atoms with van der Waals surface area (Å²) in [6.45, 7) is 2.44. The number of pyridine rings is 2. The molecule has 3 aromatic rings. The second kappa shape index (κ2) is 26.8. The highest BCUT2D eigenvalue weighted by molar-refractivity contribution is 5.91. The molecule has 1 aromatic carbocycles. The summed E-state index contributed by atoms with van der Waals surface area (Å²) in [6.07, 6.45) is -0.656. The van der Waals surface area contributed by atoms with Crippen molar-refractivity contribution in [3.63, 3.8) is 0 Å². The number of benzene rings is 1. The van der Waals surface area contributed by atoms with Crippen molar-refractivity contribution in [2.24, 2.45) is 0 Å². The fourth-order valence-corrected chi connectivity index (χ4v) is 7.50. The molecule has 4 heterocycles. The van der Waals surface area contributed by atoms with Crippen molar-refractivity contribution in [3.05, 3.63) is 56.9 Å². The number of nitrogens with zero attached hydrogens (tertiary/aromatic N) is 2. The van der Waals surface area contributed by atoms with Crippen molar-refractivity contribution in [2.75, 3.05) is 113 Å². The van der Waals surface area contributed by atoms with E-state index in [0.29, 0.717) is 29.9 Å². The van der Waals surface area contributed by atoms with Gasteiger partial charge in [0.2, 0.25) is 11.5 Å². The van der Waals surface area contributed by atoms with E-state index >= 15 is 0 Å². The number of carboxylic acid groups (broad SMARTS) is 2. The number of fused-ring (bicyclic) bond motifs is 5. The summed E-state index contributed by atoms with van der Waals surface area (Å²) in [4.78, 5) is 79.8. The molecule has 2 aliphatic heterocycles. The lowest BCUT2D eigenvalue weighted by Crippen LogP contribution is -2.48. The number of hydrogen-bond acceptors (Lipinski definition) is 19. The predicted molar refractivity (Wildman–Crippen MR) is 234 cm³/mol. The second-order valence-electron chi connectivity index (χ2n) is 15.4. The van der Waals surface area contributed by atoms with E-state index in [2.05, 4.69) is 5.32 Å². The summed E-state index contributed by atoms with van der Waals surface area (Å²) in [6, 6.07) is 6.51. The molecule has 0 fully saturated rings. The van der Waals surface area contributed by atoms with Gasteiger partial charge in [-0.25, -0.2) is 19.4 Å². The van der Waals surface area contributed by atoms with E-state index in [1.54, 1.807) is 29.7 Å². The number of aromatic nitrogens is 2. The number of carboxylic acids is 2. The van der Waals surface area contributed by atoms with Crippen LogP contribution in [-0.4, -0.2) is 180 Å². The quantitative estimate of drug-likeness (QED) is 0.0377. The van der Waals surface area contributed by atoms with Crippen molar-refractivity contribution < 1.29 is 91.4 Å². The van der Waals surface area contributed by atoms with Gasteiger partial charge in [0, 0.05) is 23.6 Å². The first kappa shape index (κ1) is 53.3. The Hall–Kier alpha value is -5.63. The number of phenols is 1. The highest BCUT2D eigenvalue weighted by atomic mass is 16.6. The third kappa shape index (κ3) is 14.7. The maximum atomic E-state index is 14.0. The summed E-state index contributed by atoms with van der Waals surface area (Å²) < 4.78 is 61.9. The lowest BCUT2D eigenvalue weighted by Gasteiger charge is -2.35. The van der Waals surface area contributed by atoms with Gasteiger partial charge in [-0.3, -0.25) is 14.4 Å². The number of carbonyl (C=O) groups excluding carboxylic acids is 3. The van der Waals surface area contributed by atoms with Gasteiger partial charge in [-0.15, -0.1) is 0 Å². The van der Waals surface area contributed by atoms with E-state index in [0.717, 1.165) is 16.5 Å². The lowest BCUT2D eigenvalue weighted by atomic mass is 9.85. The number of methoxy groups -OCH3 is 1. The van der Waals surface area contributed by atoms with Crippen LogP contribution in [0.5, 0.6) is 5.75 Å². The van der Waals surface area contributed by atoms with Crippen molar-refractivity contribution in [3.8, 4) is 17.1 Å². The van der Waals surface area contributed by atoms with E-state index < -0.39 is 79.5 Å². The molecule has 374 valence electrons. The minimum atomic E-state index is -1.99. The zero-order chi connectivity index (χ0) is 49.1. The van der Waals surface area contributed by atoms with Crippen LogP contribution in [0.15, 0.2) is 29.1 Å². The highest BCUT2D eigenvalue weighted by Crippen LogP contribution is 2.42. The molecule has 4 N–H and O–H groups in total. The number of carbonyl (C=O) groups is 5. The van der Waals surface area contributed by atoms with Crippen LogP contribution < -0.4 is 10.9 Å². The van der Waals surface area contributed by atoms with Gasteiger partial charge < -0.3 is 77.3 Å². The maximum Gasteiger partial charge on any atom is 0.355 e. The SMILES string of the molecule is CCc1c2c(nc3ccc(O)cc13)-c1cc3c(c(=O)n1C2)COC(=O)[C@@]3(CC)OC(=O)CNC(=O)COCCOC(COCCOCC(=O)O)COCC(COCCOCC(=O)O)OCCOC. The number of aliphatic carboxylic acids is 2. The van der Waals surface area contributed by atoms with E-state index in [4.69, 9.17) is 67.3 Å². The zero-order valence-electron chi connectivity index (χ0n) is 38.3. The minimum absolute atomic E-state index is 0.0146. The van der Waals surface area contributed by atoms with E-state index in [-0.39, 0.29) is 109 Å². The molecular formula is C45H59N3O20. The van der Waals surface area contributed by atoms with Gasteiger partial charge >= 0.3 is 23.9 Å². The van der Waals surface area contributed by atoms with Crippen LogP contribution in [0.4, 0.5) is 0 Å². The van der Waals surface area contributed by atoms with E-state index in [1.807, 2.05) is 6.92 Å². The predicted octanol–water partition coefficient (Wildman–Crippen LogP) is 0.700. The van der Waals surface area contributed by atoms with Crippen LogP contribution in [0, 0.1) is 0 Å². The Balaban J connectivity index is 1.12. The topological polar surface area (TPSA) is 294 Å². The largest absolute Gasteiger partial charge is 0.508 e. The maximum absolute atomic E-state index is 14.0. The lowest BCUT2D eigenvalue weighted by molar-refractivity contribution is -0.189. The molecular weight excluding hydrogens is 902 g/mol. The van der Waals surface area contributed by atoms with Crippen molar-refractivity contribution in [2.45, 2.75) is 57.6 Å². The molecule has 0 saturated carbocycles. The van der Waals surface area contributed by atoms with Crippen molar-refractivity contribution >= 4 is 40.7 Å². The Morgan fingerprint density at radius 3 is 2.01 bits per heavy atom. The number of ether oxygens (including phenoxy) is 11. The van der Waals surface area contributed by atoms with E-state index in [9.17, 15) is 33.9 Å². The van der Waals surface area contributed by atoms with Gasteiger partial charge in [-0.2, -0.15) is 0 Å². The first-order valence-electron chi connectivity index (χ1n) is 22.0. The van der Waals surface area contributed by atoms with Gasteiger partial charge in [0.15, 0.2) is 0 Å². The van der Waals surface area contributed by atoms with Crippen LogP contribution in [0.1, 0.15) is 42.5 Å². The number of aromatic hydroxyl groups is 1. The number of aryl methyl sites for hydroxylation is 1. The molecule has 0 spiro atoms. The number of phenolic OH excluding ortho intramolecular Hbond substituents is 1. The summed E-state index contributed by atoms with van der Waals surface area (Å²) in [5, 5.41) is 30.8. The van der Waals surface area contributed by atoms with Crippen LogP contribution in [0.3, 0.4) is 0 Å². The second-order valence-corrected chi connectivity index (χ2v) is 15.4. The summed E-state index contributed by atoms with van der Waals surface area (Å²) in [5.41, 5.74) is 1.25. The van der Waals surface area contributed by atoms with Crippen LogP contribution >= 0.6 is 0 Å². The molecule has 5 rings (SSSR count). The van der Waals surface area contributed by atoms with Crippen LogP contribution in [-0.2, 0) is 101 Å². The number of cyclic esters (lactones) is 1. The summed E-state index contributed by atoms with van der Waals surface area (Å²) in [5.74, 6) is -4.63. The fourth-order valence-electron chi connectivity index (χ4n) is 7.50. The Labute approximate surface area is 390 Å². The van der Waals surface area contributed by atoms with Crippen molar-refractivity contribution in [1.82, 2.24) is 14.9 Å². The molecule has 2 aromatic heterocycles. The smallest absolute Gasteiger partial charge is 0.355 e. The number of rotatable bonds is 33. The zero-order valence-corrected chi connectivity index (χ0v) is 38.3. The molecule has 68 heavy (non-hydrogen) atoms. The van der Waals surface area contributed by atoms with Crippen molar-refractivity contribution in [1.29, 1.82) is 0 Å². The van der Waals surface area contributed by atoms with Gasteiger partial charge in [0.25, 0.3) is 5.56 Å². The standard InChI is InChI=1S/C45H59N3O20/c1-4-31-32-16-28(49)6-7-36(32)47-42-33(31)19-48-37(42)17-35-34(43(48)56)24-67-44(57)45(35,5-2)68-41(55)18-46-38(50)25-61-13-15-66-30(21-60-10-12-63-27-40(53)54)23-64-22-29(65-14-8-58-3)20-59-9-11-62-26-39(51)52/h6-7,16-17,29-30,49H,4-5,8-15,18-27H2,1-3H3,(H,46,50)(H,51,52)(H,53,54)/t29?,30?,45-/m0/s1. The molecule has 0 saturated heterocycles. The molecule has 3 atom stereocenters. The number of esters is 2. The van der Waals surface area contributed by atoms with Crippen LogP contribution in [0.25, 0.3) is 22.3 Å². The molecule has 23 nitrogen and oxygen atoms in total. The average molecular weight is 962 g/mol. The fraction of sp³-hybridized carbons (Fsp3) is 0.578.